The lowest BCUT2D eigenvalue weighted by molar-refractivity contribution is -0.137. The third kappa shape index (κ3) is 3.19. The highest BCUT2D eigenvalue weighted by atomic mass is 16.2. The summed E-state index contributed by atoms with van der Waals surface area (Å²) in [6, 6.07) is -0.284. The fourth-order valence-corrected chi connectivity index (χ4v) is 2.41. The van der Waals surface area contributed by atoms with Crippen LogP contribution in [0.15, 0.2) is 0 Å². The van der Waals surface area contributed by atoms with Crippen molar-refractivity contribution < 1.29 is 9.59 Å². The second-order valence-electron chi connectivity index (χ2n) is 4.99. The molecule has 2 aliphatic heterocycles. The Balaban J connectivity index is 1.91. The minimum absolute atomic E-state index is 0.0231. The lowest BCUT2D eigenvalue weighted by Gasteiger charge is -2.34. The number of nitrogens with one attached hydrogen (secondary N) is 1. The number of amides is 2. The number of carbonyl (C=O) groups is 2. The van der Waals surface area contributed by atoms with Crippen LogP contribution in [-0.4, -0.2) is 60.9 Å². The minimum atomic E-state index is -0.284. The maximum atomic E-state index is 12.3. The zero-order valence-corrected chi connectivity index (χ0v) is 10.4. The van der Waals surface area contributed by atoms with Gasteiger partial charge < -0.3 is 15.1 Å². The van der Waals surface area contributed by atoms with Gasteiger partial charge in [-0.3, -0.25) is 9.59 Å². The van der Waals surface area contributed by atoms with Gasteiger partial charge in [-0.2, -0.15) is 0 Å². The van der Waals surface area contributed by atoms with Crippen molar-refractivity contribution in [3.63, 3.8) is 0 Å². The summed E-state index contributed by atoms with van der Waals surface area (Å²) in [6.07, 6.45) is 3.21. The molecule has 96 valence electrons. The van der Waals surface area contributed by atoms with Crippen LogP contribution in [0.25, 0.3) is 0 Å². The first-order valence-electron chi connectivity index (χ1n) is 6.43. The fraction of sp³-hybridized carbons (Fsp3) is 0.833. The molecular weight excluding hydrogens is 218 g/mol. The molecule has 2 amide bonds. The van der Waals surface area contributed by atoms with Gasteiger partial charge >= 0.3 is 0 Å². The van der Waals surface area contributed by atoms with Crippen LogP contribution < -0.4 is 5.32 Å². The first-order chi connectivity index (χ1) is 8.16. The Labute approximate surface area is 102 Å². The molecule has 0 aromatic rings. The van der Waals surface area contributed by atoms with Gasteiger partial charge in [0.1, 0.15) is 6.04 Å². The Hall–Kier alpha value is -1.10. The monoisotopic (exact) mass is 239 g/mol. The average molecular weight is 239 g/mol. The fourth-order valence-electron chi connectivity index (χ4n) is 2.41. The zero-order valence-electron chi connectivity index (χ0n) is 10.4. The van der Waals surface area contributed by atoms with E-state index in [9.17, 15) is 9.59 Å². The lowest BCUT2D eigenvalue weighted by atomic mass is 10.1. The summed E-state index contributed by atoms with van der Waals surface area (Å²) in [5.74, 6) is 0.128. The number of nitrogens with zero attached hydrogens (tertiary/aromatic N) is 2. The quantitative estimate of drug-likeness (QED) is 0.690. The molecule has 0 saturated carbocycles. The molecule has 17 heavy (non-hydrogen) atoms. The summed E-state index contributed by atoms with van der Waals surface area (Å²) in [4.78, 5) is 27.8. The molecule has 5 heteroatoms. The van der Waals surface area contributed by atoms with Crippen LogP contribution >= 0.6 is 0 Å². The third-order valence-corrected chi connectivity index (χ3v) is 3.59. The molecule has 2 fully saturated rings. The predicted molar refractivity (Wildman–Crippen MR) is 64.5 cm³/mol. The van der Waals surface area contributed by atoms with Gasteiger partial charge in [0.2, 0.25) is 11.8 Å². The zero-order chi connectivity index (χ0) is 12.3. The minimum Gasteiger partial charge on any atom is -0.344 e. The van der Waals surface area contributed by atoms with Gasteiger partial charge in [-0.05, 0) is 19.9 Å². The van der Waals surface area contributed by atoms with Gasteiger partial charge in [0.25, 0.3) is 0 Å². The van der Waals surface area contributed by atoms with Crippen molar-refractivity contribution >= 4 is 11.8 Å². The molecule has 2 aliphatic rings. The summed E-state index contributed by atoms with van der Waals surface area (Å²) in [7, 11) is 2.06. The Bertz CT molecular complexity index is 298. The van der Waals surface area contributed by atoms with E-state index in [4.69, 9.17) is 0 Å². The molecule has 2 rings (SSSR count). The van der Waals surface area contributed by atoms with E-state index in [1.165, 1.54) is 0 Å². The van der Waals surface area contributed by atoms with Gasteiger partial charge in [-0.1, -0.05) is 6.42 Å². The molecule has 0 radical (unpaired) electrons. The van der Waals surface area contributed by atoms with Crippen LogP contribution in [0, 0.1) is 0 Å². The molecule has 0 aromatic carbocycles. The van der Waals surface area contributed by atoms with Crippen LogP contribution in [0.4, 0.5) is 0 Å². The lowest BCUT2D eigenvalue weighted by Crippen LogP contribution is -2.53. The first-order valence-corrected chi connectivity index (χ1v) is 6.43. The van der Waals surface area contributed by atoms with Crippen LogP contribution in [0.1, 0.15) is 25.7 Å². The normalized spacial score (nSPS) is 27.5. The topological polar surface area (TPSA) is 52.7 Å². The van der Waals surface area contributed by atoms with E-state index in [-0.39, 0.29) is 17.9 Å². The summed E-state index contributed by atoms with van der Waals surface area (Å²) < 4.78 is 0. The number of rotatable bonds is 1. The van der Waals surface area contributed by atoms with E-state index in [2.05, 4.69) is 17.3 Å². The highest BCUT2D eigenvalue weighted by Gasteiger charge is 2.28. The largest absolute Gasteiger partial charge is 0.344 e. The Morgan fingerprint density at radius 2 is 1.94 bits per heavy atom. The molecule has 1 N–H and O–H groups in total. The van der Waals surface area contributed by atoms with Gasteiger partial charge in [0, 0.05) is 32.6 Å². The number of piperazine rings is 1. The van der Waals surface area contributed by atoms with Gasteiger partial charge in [0.05, 0.1) is 0 Å². The van der Waals surface area contributed by atoms with Crippen molar-refractivity contribution in [2.75, 3.05) is 33.2 Å². The van der Waals surface area contributed by atoms with Gasteiger partial charge in [-0.15, -0.1) is 0 Å². The predicted octanol–water partition coefficient (Wildman–Crippen LogP) is -0.181. The maximum absolute atomic E-state index is 12.3. The van der Waals surface area contributed by atoms with E-state index in [1.807, 2.05) is 4.90 Å². The Morgan fingerprint density at radius 1 is 1.24 bits per heavy atom. The van der Waals surface area contributed by atoms with Crippen molar-refractivity contribution in [3.8, 4) is 0 Å². The average Bonchev–Trinajstić information content (AvgIpc) is 2.54. The van der Waals surface area contributed by atoms with Crippen LogP contribution in [-0.2, 0) is 9.59 Å². The summed E-state index contributed by atoms with van der Waals surface area (Å²) in [6.45, 7) is 3.40. The first kappa shape index (κ1) is 12.4. The van der Waals surface area contributed by atoms with Gasteiger partial charge in [-0.25, -0.2) is 0 Å². The molecule has 0 aromatic heterocycles. The van der Waals surface area contributed by atoms with Crippen molar-refractivity contribution in [2.24, 2.45) is 0 Å². The number of hydrogen-bond donors (Lipinski definition) is 1. The van der Waals surface area contributed by atoms with Crippen molar-refractivity contribution in [1.29, 1.82) is 0 Å². The van der Waals surface area contributed by atoms with E-state index in [1.54, 1.807) is 0 Å². The molecule has 2 saturated heterocycles. The summed E-state index contributed by atoms with van der Waals surface area (Å²) in [5, 5.41) is 2.84. The molecule has 1 atom stereocenters. The molecule has 2 heterocycles. The SMILES string of the molecule is CN1CCN(C(=O)C2CCCCC(=O)N2)CC1. The van der Waals surface area contributed by atoms with Crippen molar-refractivity contribution in [1.82, 2.24) is 15.1 Å². The highest BCUT2D eigenvalue weighted by molar-refractivity contribution is 5.88. The molecular formula is C12H21N3O2. The van der Waals surface area contributed by atoms with Crippen LogP contribution in [0.5, 0.6) is 0 Å². The second-order valence-corrected chi connectivity index (χ2v) is 4.99. The van der Waals surface area contributed by atoms with E-state index < -0.39 is 0 Å². The summed E-state index contributed by atoms with van der Waals surface area (Å²) in [5.41, 5.74) is 0. The smallest absolute Gasteiger partial charge is 0.245 e. The third-order valence-electron chi connectivity index (χ3n) is 3.59. The molecule has 1 unspecified atom stereocenters. The summed E-state index contributed by atoms with van der Waals surface area (Å²) >= 11 is 0. The van der Waals surface area contributed by atoms with Gasteiger partial charge in [0.15, 0.2) is 0 Å². The van der Waals surface area contributed by atoms with E-state index in [0.717, 1.165) is 45.4 Å². The Kier molecular flexibility index (Phi) is 3.99. The number of hydrogen-bond acceptors (Lipinski definition) is 3. The van der Waals surface area contributed by atoms with Crippen molar-refractivity contribution in [2.45, 2.75) is 31.7 Å². The standard InChI is InChI=1S/C12H21N3O2/c1-14-6-8-15(9-7-14)12(17)10-4-2-3-5-11(16)13-10/h10H,2-9H2,1H3,(H,13,16). The Morgan fingerprint density at radius 3 is 2.65 bits per heavy atom. The van der Waals surface area contributed by atoms with E-state index in [0.29, 0.717) is 6.42 Å². The second kappa shape index (κ2) is 5.49. The molecule has 0 bridgehead atoms. The van der Waals surface area contributed by atoms with Crippen LogP contribution in [0.2, 0.25) is 0 Å². The molecule has 0 aliphatic carbocycles. The number of carbonyl (C=O) groups excluding carboxylic acids is 2. The van der Waals surface area contributed by atoms with Crippen molar-refractivity contribution in [3.05, 3.63) is 0 Å². The number of likely N-dealkylation sites (N-methyl/N-ethyl adjacent to an activating group) is 1. The maximum Gasteiger partial charge on any atom is 0.245 e. The van der Waals surface area contributed by atoms with E-state index >= 15 is 0 Å². The molecule has 0 spiro atoms. The highest BCUT2D eigenvalue weighted by Crippen LogP contribution is 2.12. The molecule has 5 nitrogen and oxygen atoms in total. The van der Waals surface area contributed by atoms with Crippen LogP contribution in [0.3, 0.4) is 0 Å².